The predicted octanol–water partition coefficient (Wildman–Crippen LogP) is 4.57. The molecule has 1 unspecified atom stereocenters. The third-order valence-corrected chi connectivity index (χ3v) is 4.11. The Bertz CT molecular complexity index is 509. The lowest BCUT2D eigenvalue weighted by Gasteiger charge is -2.26. The van der Waals surface area contributed by atoms with Crippen molar-refractivity contribution in [2.75, 3.05) is 19.6 Å². The summed E-state index contributed by atoms with van der Waals surface area (Å²) >= 11 is 0. The van der Waals surface area contributed by atoms with Crippen molar-refractivity contribution in [2.24, 2.45) is 11.8 Å². The number of hydrogen-bond donors (Lipinski definition) is 1. The zero-order valence-corrected chi connectivity index (χ0v) is 15.4. The van der Waals surface area contributed by atoms with Crippen LogP contribution in [-0.2, 0) is 13.1 Å². The second kappa shape index (κ2) is 10.3. The molecule has 0 aromatic heterocycles. The normalized spacial score (nSPS) is 12.7. The Morgan fingerprint density at radius 2 is 1.25 bits per heavy atom. The van der Waals surface area contributed by atoms with Gasteiger partial charge in [0.2, 0.25) is 0 Å². The molecule has 0 amide bonds. The fourth-order valence-corrected chi connectivity index (χ4v) is 2.99. The van der Waals surface area contributed by atoms with Crippen molar-refractivity contribution in [1.82, 2.24) is 10.2 Å². The second-order valence-electron chi connectivity index (χ2n) is 7.30. The van der Waals surface area contributed by atoms with Gasteiger partial charge in [0, 0.05) is 19.6 Å². The van der Waals surface area contributed by atoms with E-state index in [0.717, 1.165) is 32.7 Å². The average molecular weight is 325 g/mol. The first-order chi connectivity index (χ1) is 11.6. The highest BCUT2D eigenvalue weighted by Gasteiger charge is 2.12. The van der Waals surface area contributed by atoms with Crippen molar-refractivity contribution in [1.29, 1.82) is 0 Å². The lowest BCUT2D eigenvalue weighted by molar-refractivity contribution is 0.217. The van der Waals surface area contributed by atoms with E-state index in [4.69, 9.17) is 0 Å². The van der Waals surface area contributed by atoms with E-state index >= 15 is 0 Å². The van der Waals surface area contributed by atoms with E-state index < -0.39 is 0 Å². The number of nitrogens with zero attached hydrogens (tertiary/aromatic N) is 1. The molecule has 0 aliphatic heterocycles. The van der Waals surface area contributed by atoms with Crippen LogP contribution in [0.2, 0.25) is 0 Å². The molecule has 2 aromatic carbocycles. The van der Waals surface area contributed by atoms with Crippen LogP contribution in [0.15, 0.2) is 60.7 Å². The van der Waals surface area contributed by atoms with Crippen LogP contribution in [0.5, 0.6) is 0 Å². The van der Waals surface area contributed by atoms with E-state index in [0.29, 0.717) is 11.8 Å². The van der Waals surface area contributed by atoms with Crippen molar-refractivity contribution in [3.8, 4) is 0 Å². The highest BCUT2D eigenvalue weighted by Crippen LogP contribution is 2.12. The van der Waals surface area contributed by atoms with Gasteiger partial charge in [-0.05, 0) is 36.1 Å². The van der Waals surface area contributed by atoms with Gasteiger partial charge in [-0.25, -0.2) is 0 Å². The summed E-state index contributed by atoms with van der Waals surface area (Å²) in [6, 6.07) is 21.6. The summed E-state index contributed by atoms with van der Waals surface area (Å²) in [6.07, 6.45) is 0. The van der Waals surface area contributed by atoms with E-state index in [1.165, 1.54) is 11.1 Å². The quantitative estimate of drug-likeness (QED) is 0.688. The molecule has 24 heavy (non-hydrogen) atoms. The molecule has 0 aliphatic carbocycles. The maximum Gasteiger partial charge on any atom is 0.0237 e. The molecule has 130 valence electrons. The Morgan fingerprint density at radius 3 is 1.71 bits per heavy atom. The molecular weight excluding hydrogens is 292 g/mol. The molecule has 2 nitrogen and oxygen atoms in total. The zero-order valence-electron chi connectivity index (χ0n) is 15.4. The van der Waals surface area contributed by atoms with Crippen LogP contribution in [0.25, 0.3) is 0 Å². The van der Waals surface area contributed by atoms with Gasteiger partial charge in [0.05, 0.1) is 0 Å². The monoisotopic (exact) mass is 324 g/mol. The van der Waals surface area contributed by atoms with Crippen LogP contribution < -0.4 is 5.32 Å². The lowest BCUT2D eigenvalue weighted by atomic mass is 10.1. The smallest absolute Gasteiger partial charge is 0.0237 e. The van der Waals surface area contributed by atoms with Gasteiger partial charge in [-0.3, -0.25) is 4.90 Å². The first kappa shape index (κ1) is 18.7. The Labute approximate surface area is 147 Å². The number of nitrogens with one attached hydrogen (secondary N) is 1. The highest BCUT2D eigenvalue weighted by molar-refractivity contribution is 5.17. The molecule has 0 radical (unpaired) electrons. The molecule has 0 fully saturated rings. The Balaban J connectivity index is 1.94. The SMILES string of the molecule is CC(C)CNCC(C)CN(Cc1ccccc1)Cc1ccccc1. The molecule has 2 aromatic rings. The van der Waals surface area contributed by atoms with E-state index in [-0.39, 0.29) is 0 Å². The first-order valence-electron chi connectivity index (χ1n) is 9.14. The zero-order chi connectivity index (χ0) is 17.2. The molecule has 0 heterocycles. The van der Waals surface area contributed by atoms with Gasteiger partial charge in [-0.15, -0.1) is 0 Å². The molecule has 1 N–H and O–H groups in total. The van der Waals surface area contributed by atoms with Gasteiger partial charge < -0.3 is 5.32 Å². The van der Waals surface area contributed by atoms with Gasteiger partial charge >= 0.3 is 0 Å². The van der Waals surface area contributed by atoms with Crippen LogP contribution >= 0.6 is 0 Å². The number of hydrogen-bond acceptors (Lipinski definition) is 2. The van der Waals surface area contributed by atoms with Crippen LogP contribution in [0.4, 0.5) is 0 Å². The van der Waals surface area contributed by atoms with Crippen molar-refractivity contribution >= 4 is 0 Å². The topological polar surface area (TPSA) is 15.3 Å². The van der Waals surface area contributed by atoms with E-state index in [9.17, 15) is 0 Å². The molecule has 0 bridgehead atoms. The highest BCUT2D eigenvalue weighted by atomic mass is 15.1. The van der Waals surface area contributed by atoms with Crippen LogP contribution in [0.1, 0.15) is 31.9 Å². The summed E-state index contributed by atoms with van der Waals surface area (Å²) in [6.45, 7) is 12.2. The maximum atomic E-state index is 3.59. The van der Waals surface area contributed by atoms with Crippen LogP contribution in [0, 0.1) is 11.8 Å². The molecule has 0 aliphatic rings. The fraction of sp³-hybridized carbons (Fsp3) is 0.455. The molecule has 0 saturated heterocycles. The van der Waals surface area contributed by atoms with Crippen LogP contribution in [-0.4, -0.2) is 24.5 Å². The number of rotatable bonds is 10. The minimum absolute atomic E-state index is 0.635. The molecule has 0 spiro atoms. The first-order valence-corrected chi connectivity index (χ1v) is 9.14. The second-order valence-corrected chi connectivity index (χ2v) is 7.30. The summed E-state index contributed by atoms with van der Waals surface area (Å²) in [4.78, 5) is 2.56. The van der Waals surface area contributed by atoms with Crippen molar-refractivity contribution in [2.45, 2.75) is 33.9 Å². The fourth-order valence-electron chi connectivity index (χ4n) is 2.99. The van der Waals surface area contributed by atoms with E-state index in [2.05, 4.69) is 91.7 Å². The largest absolute Gasteiger partial charge is 0.316 e. The van der Waals surface area contributed by atoms with Crippen molar-refractivity contribution in [3.05, 3.63) is 71.8 Å². The van der Waals surface area contributed by atoms with Gasteiger partial charge in [-0.1, -0.05) is 81.4 Å². The summed E-state index contributed by atoms with van der Waals surface area (Å²) in [5.74, 6) is 1.35. The molecule has 0 saturated carbocycles. The summed E-state index contributed by atoms with van der Waals surface area (Å²) < 4.78 is 0. The van der Waals surface area contributed by atoms with Crippen LogP contribution in [0.3, 0.4) is 0 Å². The van der Waals surface area contributed by atoms with Gasteiger partial charge in [-0.2, -0.15) is 0 Å². The summed E-state index contributed by atoms with van der Waals surface area (Å²) in [7, 11) is 0. The van der Waals surface area contributed by atoms with Gasteiger partial charge in [0.1, 0.15) is 0 Å². The third-order valence-electron chi connectivity index (χ3n) is 4.11. The predicted molar refractivity (Wildman–Crippen MR) is 104 cm³/mol. The summed E-state index contributed by atoms with van der Waals surface area (Å²) in [5, 5.41) is 3.59. The minimum Gasteiger partial charge on any atom is -0.316 e. The van der Waals surface area contributed by atoms with Gasteiger partial charge in [0.25, 0.3) is 0 Å². The average Bonchev–Trinajstić information content (AvgIpc) is 2.56. The third kappa shape index (κ3) is 7.29. The standard InChI is InChI=1S/C22H32N2/c1-19(2)14-23-15-20(3)16-24(17-21-10-6-4-7-11-21)18-22-12-8-5-9-13-22/h4-13,19-20,23H,14-18H2,1-3H3. The van der Waals surface area contributed by atoms with E-state index in [1.807, 2.05) is 0 Å². The summed E-state index contributed by atoms with van der Waals surface area (Å²) in [5.41, 5.74) is 2.77. The lowest BCUT2D eigenvalue weighted by Crippen LogP contribution is -2.34. The van der Waals surface area contributed by atoms with Crippen molar-refractivity contribution < 1.29 is 0 Å². The molecule has 2 heteroatoms. The number of benzene rings is 2. The Morgan fingerprint density at radius 1 is 0.750 bits per heavy atom. The molecule has 2 rings (SSSR count). The van der Waals surface area contributed by atoms with E-state index in [1.54, 1.807) is 0 Å². The minimum atomic E-state index is 0.635. The van der Waals surface area contributed by atoms with Crippen molar-refractivity contribution in [3.63, 3.8) is 0 Å². The van der Waals surface area contributed by atoms with Gasteiger partial charge in [0.15, 0.2) is 0 Å². The maximum absolute atomic E-state index is 3.59. The molecule has 1 atom stereocenters. The molecular formula is C22H32N2. The Hall–Kier alpha value is -1.64. The Kier molecular flexibility index (Phi) is 8.00.